The highest BCUT2D eigenvalue weighted by Gasteiger charge is 2.25. The van der Waals surface area contributed by atoms with Crippen molar-refractivity contribution in [1.29, 1.82) is 0 Å². The van der Waals surface area contributed by atoms with E-state index < -0.39 is 10.0 Å². The van der Waals surface area contributed by atoms with Crippen LogP contribution in [-0.4, -0.2) is 74.9 Å². The minimum atomic E-state index is -3.61. The molecule has 3 aromatic rings. The fourth-order valence-corrected chi connectivity index (χ4v) is 6.77. The number of methoxy groups -OCH3 is 1. The number of benzene rings is 2. The minimum absolute atomic E-state index is 0. The molecule has 38 heavy (non-hydrogen) atoms. The predicted molar refractivity (Wildman–Crippen MR) is 159 cm³/mol. The van der Waals surface area contributed by atoms with Crippen molar-refractivity contribution in [3.8, 4) is 5.75 Å². The molecule has 0 N–H and O–H groups in total. The number of fused-ring (bicyclic) bond motifs is 1. The van der Waals surface area contributed by atoms with Crippen LogP contribution < -0.4 is 9.64 Å². The number of hydrogen-bond donors (Lipinski definition) is 0. The second-order valence-electron chi connectivity index (χ2n) is 8.74. The second kappa shape index (κ2) is 14.8. The number of ether oxygens (including phenoxy) is 1. The summed E-state index contributed by atoms with van der Waals surface area (Å²) in [5, 5.41) is 0.606. The zero-order valence-electron chi connectivity index (χ0n) is 22.8. The van der Waals surface area contributed by atoms with Gasteiger partial charge in [0.05, 0.1) is 22.2 Å². The van der Waals surface area contributed by atoms with E-state index in [-0.39, 0.29) is 23.2 Å². The van der Waals surface area contributed by atoms with Gasteiger partial charge in [-0.15, -0.1) is 12.4 Å². The fraction of sp³-hybridized carbons (Fsp3) is 0.481. The number of nitrogens with zero attached hydrogens (tertiary/aromatic N) is 4. The molecule has 0 saturated heterocycles. The van der Waals surface area contributed by atoms with Crippen LogP contribution in [0.5, 0.6) is 5.75 Å². The third kappa shape index (κ3) is 7.45. The summed E-state index contributed by atoms with van der Waals surface area (Å²) in [7, 11) is -1.99. The largest absolute Gasteiger partial charge is 0.497 e. The summed E-state index contributed by atoms with van der Waals surface area (Å²) in [5.74, 6) is 0.529. The van der Waals surface area contributed by atoms with Crippen molar-refractivity contribution in [2.45, 2.75) is 45.4 Å². The van der Waals surface area contributed by atoms with Gasteiger partial charge in [0.25, 0.3) is 5.91 Å². The monoisotopic (exact) mass is 582 g/mol. The van der Waals surface area contributed by atoms with Crippen LogP contribution in [0.4, 0.5) is 5.13 Å². The van der Waals surface area contributed by atoms with Crippen molar-refractivity contribution in [1.82, 2.24) is 14.2 Å². The highest BCUT2D eigenvalue weighted by Crippen LogP contribution is 2.32. The Bertz CT molecular complexity index is 1270. The molecule has 0 radical (unpaired) electrons. The van der Waals surface area contributed by atoms with Crippen molar-refractivity contribution >= 4 is 55.0 Å². The lowest BCUT2D eigenvalue weighted by atomic mass is 10.2. The van der Waals surface area contributed by atoms with Crippen LogP contribution in [0.3, 0.4) is 0 Å². The quantitative estimate of drug-likeness (QED) is 0.249. The van der Waals surface area contributed by atoms with Crippen molar-refractivity contribution < 1.29 is 17.9 Å². The standard InChI is InChI=1S/C27H38N4O4S2.ClH/c1-6-16-30(17-7-2)37(33,34)23-13-10-21(11-14-23)26(32)31(19-18-29(8-3)9-4)27-28-24-15-12-22(35-5)20-25(24)36-27;/h10-15,20H,6-9,16-19H2,1-5H3;1H. The van der Waals surface area contributed by atoms with Crippen molar-refractivity contribution in [3.63, 3.8) is 0 Å². The molecule has 1 heterocycles. The summed E-state index contributed by atoms with van der Waals surface area (Å²) in [6.07, 6.45) is 1.48. The topological polar surface area (TPSA) is 83.1 Å². The van der Waals surface area contributed by atoms with Crippen LogP contribution in [0, 0.1) is 0 Å². The highest BCUT2D eigenvalue weighted by molar-refractivity contribution is 7.89. The summed E-state index contributed by atoms with van der Waals surface area (Å²) < 4.78 is 34.1. The van der Waals surface area contributed by atoms with Crippen molar-refractivity contribution in [2.75, 3.05) is 51.3 Å². The van der Waals surface area contributed by atoms with E-state index in [1.165, 1.54) is 27.8 Å². The van der Waals surface area contributed by atoms with Gasteiger partial charge in [0.15, 0.2) is 5.13 Å². The molecule has 0 fully saturated rings. The average Bonchev–Trinajstić information content (AvgIpc) is 3.33. The molecule has 1 amide bonds. The maximum atomic E-state index is 13.7. The smallest absolute Gasteiger partial charge is 0.260 e. The van der Waals surface area contributed by atoms with Crippen LogP contribution in [0.25, 0.3) is 10.2 Å². The van der Waals surface area contributed by atoms with Crippen LogP contribution in [-0.2, 0) is 10.0 Å². The molecule has 2 aromatic carbocycles. The number of carbonyl (C=O) groups is 1. The SMILES string of the molecule is CCCN(CCC)S(=O)(=O)c1ccc(C(=O)N(CCN(CC)CC)c2nc3ccc(OC)cc3s2)cc1.Cl. The minimum Gasteiger partial charge on any atom is -0.497 e. The molecule has 210 valence electrons. The first-order chi connectivity index (χ1) is 17.8. The number of sulfonamides is 1. The maximum absolute atomic E-state index is 13.7. The lowest BCUT2D eigenvalue weighted by Crippen LogP contribution is -2.39. The summed E-state index contributed by atoms with van der Waals surface area (Å²) in [5.41, 5.74) is 1.22. The number of aromatic nitrogens is 1. The molecule has 3 rings (SSSR count). The lowest BCUT2D eigenvalue weighted by molar-refractivity contribution is 0.0983. The Morgan fingerprint density at radius 3 is 2.11 bits per heavy atom. The Morgan fingerprint density at radius 1 is 0.921 bits per heavy atom. The number of thiazole rings is 1. The normalized spacial score (nSPS) is 11.7. The van der Waals surface area contributed by atoms with E-state index in [1.807, 2.05) is 32.0 Å². The molecule has 0 atom stereocenters. The van der Waals surface area contributed by atoms with Crippen molar-refractivity contribution in [3.05, 3.63) is 48.0 Å². The lowest BCUT2D eigenvalue weighted by Gasteiger charge is -2.25. The molecule has 0 aliphatic rings. The van der Waals surface area contributed by atoms with E-state index in [9.17, 15) is 13.2 Å². The first kappa shape index (κ1) is 32.0. The van der Waals surface area contributed by atoms with Crippen LogP contribution in [0.1, 0.15) is 50.9 Å². The van der Waals surface area contributed by atoms with Gasteiger partial charge in [-0.25, -0.2) is 13.4 Å². The number of rotatable bonds is 14. The zero-order chi connectivity index (χ0) is 27.0. The third-order valence-electron chi connectivity index (χ3n) is 6.28. The second-order valence-corrected chi connectivity index (χ2v) is 11.7. The molecular weight excluding hydrogens is 544 g/mol. The Labute approximate surface area is 237 Å². The van der Waals surface area contributed by atoms with Gasteiger partial charge in [-0.1, -0.05) is 39.0 Å². The summed E-state index contributed by atoms with van der Waals surface area (Å²) in [6.45, 7) is 12.0. The first-order valence-electron chi connectivity index (χ1n) is 12.9. The number of halogens is 1. The third-order valence-corrected chi connectivity index (χ3v) is 9.23. The van der Waals surface area contributed by atoms with Crippen molar-refractivity contribution in [2.24, 2.45) is 0 Å². The average molecular weight is 583 g/mol. The number of amides is 1. The molecule has 0 aliphatic heterocycles. The van der Waals surface area contributed by atoms with Gasteiger partial charge in [0.1, 0.15) is 5.75 Å². The van der Waals surface area contributed by atoms with E-state index in [4.69, 9.17) is 9.72 Å². The number of carbonyl (C=O) groups excluding carboxylic acids is 1. The van der Waals surface area contributed by atoms with E-state index in [0.29, 0.717) is 36.9 Å². The van der Waals surface area contributed by atoms with E-state index in [1.54, 1.807) is 24.1 Å². The summed E-state index contributed by atoms with van der Waals surface area (Å²) in [4.78, 5) is 22.6. The zero-order valence-corrected chi connectivity index (χ0v) is 25.3. The summed E-state index contributed by atoms with van der Waals surface area (Å²) >= 11 is 1.44. The van der Waals surface area contributed by atoms with Gasteiger partial charge in [0.2, 0.25) is 10.0 Å². The summed E-state index contributed by atoms with van der Waals surface area (Å²) in [6, 6.07) is 11.9. The Kier molecular flexibility index (Phi) is 12.4. The van der Waals surface area contributed by atoms with Gasteiger partial charge in [-0.3, -0.25) is 9.69 Å². The van der Waals surface area contributed by atoms with E-state index in [0.717, 1.165) is 41.9 Å². The van der Waals surface area contributed by atoms with Gasteiger partial charge in [-0.05, 0) is 68.4 Å². The van der Waals surface area contributed by atoms with E-state index >= 15 is 0 Å². The molecule has 1 aromatic heterocycles. The molecule has 0 spiro atoms. The van der Waals surface area contributed by atoms with Crippen LogP contribution in [0.2, 0.25) is 0 Å². The molecular formula is C27H39ClN4O4S2. The molecule has 0 saturated carbocycles. The highest BCUT2D eigenvalue weighted by atomic mass is 35.5. The van der Waals surface area contributed by atoms with Crippen LogP contribution >= 0.6 is 23.7 Å². The van der Waals surface area contributed by atoms with Gasteiger partial charge in [0, 0.05) is 31.7 Å². The van der Waals surface area contributed by atoms with Crippen LogP contribution in [0.15, 0.2) is 47.4 Å². The molecule has 11 heteroatoms. The fourth-order valence-electron chi connectivity index (χ4n) is 4.13. The number of hydrogen-bond acceptors (Lipinski definition) is 7. The van der Waals surface area contributed by atoms with Gasteiger partial charge >= 0.3 is 0 Å². The first-order valence-corrected chi connectivity index (χ1v) is 15.1. The Balaban J connectivity index is 0.00000507. The molecule has 8 nitrogen and oxygen atoms in total. The molecule has 0 bridgehead atoms. The number of likely N-dealkylation sites (N-methyl/N-ethyl adjacent to an activating group) is 1. The molecule has 0 aliphatic carbocycles. The number of anilines is 1. The maximum Gasteiger partial charge on any atom is 0.260 e. The molecule has 0 unspecified atom stereocenters. The van der Waals surface area contributed by atoms with Gasteiger partial charge in [-0.2, -0.15) is 4.31 Å². The Morgan fingerprint density at radius 2 is 1.55 bits per heavy atom. The predicted octanol–water partition coefficient (Wildman–Crippen LogP) is 5.53. The van der Waals surface area contributed by atoms with E-state index in [2.05, 4.69) is 18.7 Å². The Hall–Kier alpha value is -2.24. The van der Waals surface area contributed by atoms with Gasteiger partial charge < -0.3 is 9.64 Å².